The lowest BCUT2D eigenvalue weighted by Gasteiger charge is -2.14. The zero-order valence-electron chi connectivity index (χ0n) is 10.6. The largest absolute Gasteiger partial charge is 0.467 e. The van der Waals surface area contributed by atoms with Gasteiger partial charge in [0.15, 0.2) is 0 Å². The molecule has 1 aromatic heterocycles. The summed E-state index contributed by atoms with van der Waals surface area (Å²) in [4.78, 5) is 0. The van der Waals surface area contributed by atoms with Crippen LogP contribution in [0.1, 0.15) is 28.5 Å². The number of aryl methyl sites for hydroxylation is 2. The summed E-state index contributed by atoms with van der Waals surface area (Å²) in [5, 5.41) is 2.68. The van der Waals surface area contributed by atoms with E-state index in [4.69, 9.17) is 10.2 Å². The molecular formula is C17H15NO. The standard InChI is InChI=1S/C17H15NO/c18-17(15-5-2-10-19-15)14-9-8-12-7-6-11-3-1-4-13(14)16(11)12/h1-5,8-10,17H,6-7,18H2. The molecule has 0 saturated heterocycles. The molecule has 1 aliphatic rings. The van der Waals surface area contributed by atoms with Crippen LogP contribution in [0.4, 0.5) is 0 Å². The Morgan fingerprint density at radius 2 is 1.79 bits per heavy atom. The fraction of sp³-hybridized carbons (Fsp3) is 0.176. The number of hydrogen-bond donors (Lipinski definition) is 1. The molecule has 0 amide bonds. The van der Waals surface area contributed by atoms with Crippen LogP contribution in [-0.4, -0.2) is 0 Å². The Hall–Kier alpha value is -2.06. The highest BCUT2D eigenvalue weighted by atomic mass is 16.3. The van der Waals surface area contributed by atoms with E-state index >= 15 is 0 Å². The van der Waals surface area contributed by atoms with Crippen molar-refractivity contribution in [2.24, 2.45) is 5.73 Å². The number of rotatable bonds is 2. The minimum atomic E-state index is -0.195. The van der Waals surface area contributed by atoms with Crippen molar-refractivity contribution < 1.29 is 4.42 Å². The van der Waals surface area contributed by atoms with Crippen LogP contribution in [0.3, 0.4) is 0 Å². The third kappa shape index (κ3) is 1.53. The second kappa shape index (κ2) is 3.97. The molecule has 0 spiro atoms. The van der Waals surface area contributed by atoms with Crippen LogP contribution in [0.15, 0.2) is 53.1 Å². The first kappa shape index (κ1) is 10.8. The van der Waals surface area contributed by atoms with Gasteiger partial charge in [-0.25, -0.2) is 0 Å². The summed E-state index contributed by atoms with van der Waals surface area (Å²) in [6.45, 7) is 0. The highest BCUT2D eigenvalue weighted by Crippen LogP contribution is 2.35. The van der Waals surface area contributed by atoms with Gasteiger partial charge < -0.3 is 10.2 Å². The van der Waals surface area contributed by atoms with E-state index in [0.29, 0.717) is 0 Å². The smallest absolute Gasteiger partial charge is 0.125 e. The Morgan fingerprint density at radius 3 is 2.58 bits per heavy atom. The second-order valence-electron chi connectivity index (χ2n) is 5.15. The molecule has 0 fully saturated rings. The molecule has 0 aliphatic heterocycles. The third-order valence-corrected chi connectivity index (χ3v) is 4.10. The lowest BCUT2D eigenvalue weighted by molar-refractivity contribution is 0.490. The van der Waals surface area contributed by atoms with E-state index in [0.717, 1.165) is 24.2 Å². The minimum Gasteiger partial charge on any atom is -0.467 e. The van der Waals surface area contributed by atoms with E-state index < -0.39 is 0 Å². The van der Waals surface area contributed by atoms with Gasteiger partial charge in [-0.1, -0.05) is 30.3 Å². The third-order valence-electron chi connectivity index (χ3n) is 4.10. The average molecular weight is 249 g/mol. The van der Waals surface area contributed by atoms with Crippen LogP contribution in [0, 0.1) is 0 Å². The van der Waals surface area contributed by atoms with E-state index in [2.05, 4.69) is 30.3 Å². The van der Waals surface area contributed by atoms with Crippen molar-refractivity contribution in [3.63, 3.8) is 0 Å². The van der Waals surface area contributed by atoms with E-state index in [-0.39, 0.29) is 6.04 Å². The van der Waals surface area contributed by atoms with Crippen molar-refractivity contribution in [3.05, 3.63) is 71.2 Å². The number of hydrogen-bond acceptors (Lipinski definition) is 2. The summed E-state index contributed by atoms with van der Waals surface area (Å²) in [5.74, 6) is 0.818. The summed E-state index contributed by atoms with van der Waals surface area (Å²) >= 11 is 0. The first-order valence-electron chi connectivity index (χ1n) is 6.67. The molecule has 2 N–H and O–H groups in total. The molecule has 2 heteroatoms. The van der Waals surface area contributed by atoms with Crippen molar-refractivity contribution in [1.82, 2.24) is 0 Å². The molecule has 3 aromatic rings. The van der Waals surface area contributed by atoms with Gasteiger partial charge in [-0.3, -0.25) is 0 Å². The molecule has 2 aromatic carbocycles. The van der Waals surface area contributed by atoms with Crippen LogP contribution >= 0.6 is 0 Å². The van der Waals surface area contributed by atoms with Gasteiger partial charge in [0.05, 0.1) is 12.3 Å². The number of furan rings is 1. The summed E-state index contributed by atoms with van der Waals surface area (Å²) in [7, 11) is 0. The Kier molecular flexibility index (Phi) is 2.26. The van der Waals surface area contributed by atoms with Crippen LogP contribution < -0.4 is 5.73 Å². The lowest BCUT2D eigenvalue weighted by Crippen LogP contribution is -2.11. The quantitative estimate of drug-likeness (QED) is 0.754. The number of benzene rings is 2. The van der Waals surface area contributed by atoms with Crippen molar-refractivity contribution in [1.29, 1.82) is 0 Å². The molecule has 94 valence electrons. The highest BCUT2D eigenvalue weighted by molar-refractivity contribution is 5.93. The molecule has 2 nitrogen and oxygen atoms in total. The van der Waals surface area contributed by atoms with Crippen molar-refractivity contribution >= 4 is 10.8 Å². The Balaban J connectivity index is 1.97. The zero-order valence-corrected chi connectivity index (χ0v) is 10.6. The van der Waals surface area contributed by atoms with E-state index in [1.165, 1.54) is 21.9 Å². The van der Waals surface area contributed by atoms with Gasteiger partial charge >= 0.3 is 0 Å². The fourth-order valence-corrected chi connectivity index (χ4v) is 3.16. The normalized spacial score (nSPS) is 15.0. The van der Waals surface area contributed by atoms with Gasteiger partial charge in [0.1, 0.15) is 5.76 Å². The second-order valence-corrected chi connectivity index (χ2v) is 5.15. The summed E-state index contributed by atoms with van der Waals surface area (Å²) in [6, 6.07) is 14.5. The molecule has 1 heterocycles. The van der Waals surface area contributed by atoms with E-state index in [1.807, 2.05) is 12.1 Å². The highest BCUT2D eigenvalue weighted by Gasteiger charge is 2.20. The monoisotopic (exact) mass is 249 g/mol. The van der Waals surface area contributed by atoms with Crippen LogP contribution in [0.5, 0.6) is 0 Å². The van der Waals surface area contributed by atoms with E-state index in [9.17, 15) is 0 Å². The minimum absolute atomic E-state index is 0.195. The first-order valence-corrected chi connectivity index (χ1v) is 6.67. The predicted molar refractivity (Wildman–Crippen MR) is 76.1 cm³/mol. The molecule has 1 aliphatic carbocycles. The van der Waals surface area contributed by atoms with Crippen molar-refractivity contribution in [3.8, 4) is 0 Å². The van der Waals surface area contributed by atoms with Crippen LogP contribution in [0.25, 0.3) is 10.8 Å². The van der Waals surface area contributed by atoms with Crippen molar-refractivity contribution in [2.45, 2.75) is 18.9 Å². The maximum absolute atomic E-state index is 6.35. The maximum Gasteiger partial charge on any atom is 0.125 e. The van der Waals surface area contributed by atoms with Gasteiger partial charge in [0.25, 0.3) is 0 Å². The molecule has 0 bridgehead atoms. The molecule has 1 atom stereocenters. The SMILES string of the molecule is NC(c1ccco1)c1ccc2c3c(cccc13)CC2. The molecule has 0 radical (unpaired) electrons. The summed E-state index contributed by atoms with van der Waals surface area (Å²) < 4.78 is 5.45. The topological polar surface area (TPSA) is 39.2 Å². The molecule has 19 heavy (non-hydrogen) atoms. The van der Waals surface area contributed by atoms with Gasteiger partial charge in [-0.05, 0) is 52.4 Å². The summed E-state index contributed by atoms with van der Waals surface area (Å²) in [5.41, 5.74) is 10.4. The molecule has 0 saturated carbocycles. The lowest BCUT2D eigenvalue weighted by atomic mass is 9.95. The maximum atomic E-state index is 6.35. The van der Waals surface area contributed by atoms with Crippen molar-refractivity contribution in [2.75, 3.05) is 0 Å². The Bertz CT molecular complexity index is 733. The van der Waals surface area contributed by atoms with Gasteiger partial charge in [0.2, 0.25) is 0 Å². The van der Waals surface area contributed by atoms with Gasteiger partial charge in [-0.2, -0.15) is 0 Å². The van der Waals surface area contributed by atoms with Gasteiger partial charge in [-0.15, -0.1) is 0 Å². The van der Waals surface area contributed by atoms with Gasteiger partial charge in [0, 0.05) is 0 Å². The molecule has 1 unspecified atom stereocenters. The number of nitrogens with two attached hydrogens (primary N) is 1. The zero-order chi connectivity index (χ0) is 12.8. The van der Waals surface area contributed by atoms with Crippen LogP contribution in [0.2, 0.25) is 0 Å². The fourth-order valence-electron chi connectivity index (χ4n) is 3.16. The molecular weight excluding hydrogens is 234 g/mol. The van der Waals surface area contributed by atoms with E-state index in [1.54, 1.807) is 6.26 Å². The average Bonchev–Trinajstić information content (AvgIpc) is 3.09. The summed E-state index contributed by atoms with van der Waals surface area (Å²) in [6.07, 6.45) is 3.97. The first-order chi connectivity index (χ1) is 9.34. The predicted octanol–water partition coefficient (Wildman–Crippen LogP) is 3.58. The Labute approximate surface area is 111 Å². The van der Waals surface area contributed by atoms with Crippen LogP contribution in [-0.2, 0) is 12.8 Å². The Morgan fingerprint density at radius 1 is 0.947 bits per heavy atom. The molecule has 4 rings (SSSR count).